The van der Waals surface area contributed by atoms with Gasteiger partial charge < -0.3 is 5.32 Å². The van der Waals surface area contributed by atoms with Gasteiger partial charge in [-0.1, -0.05) is 18.2 Å². The number of fused-ring (bicyclic) bond motifs is 1. The molecule has 0 atom stereocenters. The predicted molar refractivity (Wildman–Crippen MR) is 77.4 cm³/mol. The van der Waals surface area contributed by atoms with Gasteiger partial charge in [0, 0.05) is 12.6 Å². The summed E-state index contributed by atoms with van der Waals surface area (Å²) in [7, 11) is 1.52. The van der Waals surface area contributed by atoms with Crippen molar-refractivity contribution < 1.29 is 14.4 Å². The van der Waals surface area contributed by atoms with E-state index in [-0.39, 0.29) is 17.7 Å². The highest BCUT2D eigenvalue weighted by Crippen LogP contribution is 2.28. The third kappa shape index (κ3) is 1.99. The number of carbonyl (C=O) groups is 3. The molecule has 1 aliphatic heterocycles. The van der Waals surface area contributed by atoms with Gasteiger partial charge in [0.1, 0.15) is 0 Å². The molecule has 1 heterocycles. The van der Waals surface area contributed by atoms with Crippen molar-refractivity contribution in [2.24, 2.45) is 0 Å². The summed E-state index contributed by atoms with van der Waals surface area (Å²) in [5, 5.41) is 2.51. The number of nitrogens with zero attached hydrogens (tertiary/aromatic N) is 1. The second-order valence-corrected chi connectivity index (χ2v) is 4.62. The molecular weight excluding hydrogens is 268 g/mol. The lowest BCUT2D eigenvalue weighted by Crippen LogP contribution is -2.29. The summed E-state index contributed by atoms with van der Waals surface area (Å²) in [5.41, 5.74) is 1.55. The SMILES string of the molecule is CNC(=O)c1cccc(N2C(=O)c3ccccc3C2=O)c1. The van der Waals surface area contributed by atoms with Crippen LogP contribution in [0.2, 0.25) is 0 Å². The van der Waals surface area contributed by atoms with Gasteiger partial charge in [0.2, 0.25) is 0 Å². The topological polar surface area (TPSA) is 66.5 Å². The molecule has 2 aromatic rings. The second-order valence-electron chi connectivity index (χ2n) is 4.62. The number of benzene rings is 2. The molecular formula is C16H12N2O3. The number of nitrogens with one attached hydrogen (secondary N) is 1. The molecule has 104 valence electrons. The average molecular weight is 280 g/mol. The van der Waals surface area contributed by atoms with E-state index in [4.69, 9.17) is 0 Å². The molecule has 3 rings (SSSR count). The second kappa shape index (κ2) is 4.86. The summed E-state index contributed by atoms with van der Waals surface area (Å²) in [6.45, 7) is 0. The van der Waals surface area contributed by atoms with Gasteiger partial charge in [-0.3, -0.25) is 14.4 Å². The summed E-state index contributed by atoms with van der Waals surface area (Å²) in [6.07, 6.45) is 0. The van der Waals surface area contributed by atoms with Crippen LogP contribution in [0.3, 0.4) is 0 Å². The summed E-state index contributed by atoms with van der Waals surface area (Å²) in [6, 6.07) is 13.1. The van der Waals surface area contributed by atoms with E-state index in [9.17, 15) is 14.4 Å². The van der Waals surface area contributed by atoms with Gasteiger partial charge in [-0.25, -0.2) is 4.90 Å². The summed E-state index contributed by atoms with van der Waals surface area (Å²) >= 11 is 0. The number of hydrogen-bond donors (Lipinski definition) is 1. The predicted octanol–water partition coefficient (Wildman–Crippen LogP) is 1.85. The Kier molecular flexibility index (Phi) is 3.02. The van der Waals surface area contributed by atoms with E-state index in [0.717, 1.165) is 4.90 Å². The number of anilines is 1. The van der Waals surface area contributed by atoms with Crippen LogP contribution in [-0.2, 0) is 0 Å². The van der Waals surface area contributed by atoms with Crippen LogP contribution < -0.4 is 10.2 Å². The third-order valence-corrected chi connectivity index (χ3v) is 3.39. The number of hydrogen-bond acceptors (Lipinski definition) is 3. The molecule has 2 aromatic carbocycles. The molecule has 0 aromatic heterocycles. The van der Waals surface area contributed by atoms with E-state index in [1.807, 2.05) is 0 Å². The van der Waals surface area contributed by atoms with E-state index >= 15 is 0 Å². The maximum atomic E-state index is 12.4. The zero-order valence-corrected chi connectivity index (χ0v) is 11.3. The lowest BCUT2D eigenvalue weighted by molar-refractivity contribution is 0.0921. The van der Waals surface area contributed by atoms with Gasteiger partial charge in [0.25, 0.3) is 17.7 Å². The van der Waals surface area contributed by atoms with Crippen molar-refractivity contribution in [2.45, 2.75) is 0 Å². The molecule has 1 aliphatic rings. The summed E-state index contributed by atoms with van der Waals surface area (Å²) < 4.78 is 0. The van der Waals surface area contributed by atoms with Crippen molar-refractivity contribution >= 4 is 23.4 Å². The summed E-state index contributed by atoms with van der Waals surface area (Å²) in [4.78, 5) is 37.5. The Balaban J connectivity index is 2.05. The van der Waals surface area contributed by atoms with Crippen LogP contribution in [0.15, 0.2) is 48.5 Å². The molecule has 0 radical (unpaired) electrons. The van der Waals surface area contributed by atoms with Gasteiger partial charge in [-0.15, -0.1) is 0 Å². The van der Waals surface area contributed by atoms with Crippen molar-refractivity contribution in [1.82, 2.24) is 5.32 Å². The molecule has 21 heavy (non-hydrogen) atoms. The Labute approximate surface area is 121 Å². The molecule has 0 unspecified atom stereocenters. The van der Waals surface area contributed by atoms with E-state index in [1.54, 1.807) is 42.5 Å². The monoisotopic (exact) mass is 280 g/mol. The van der Waals surface area contributed by atoms with Crippen LogP contribution in [0.1, 0.15) is 31.1 Å². The minimum atomic E-state index is -0.371. The standard InChI is InChI=1S/C16H12N2O3/c1-17-14(19)10-5-4-6-11(9-10)18-15(20)12-7-2-3-8-13(12)16(18)21/h2-9H,1H3,(H,17,19). The maximum Gasteiger partial charge on any atom is 0.266 e. The van der Waals surface area contributed by atoms with Crippen molar-refractivity contribution in [2.75, 3.05) is 11.9 Å². The first-order valence-corrected chi connectivity index (χ1v) is 6.43. The Bertz CT molecular complexity index is 733. The molecule has 5 nitrogen and oxygen atoms in total. The van der Waals surface area contributed by atoms with Crippen LogP contribution in [0.4, 0.5) is 5.69 Å². The number of amides is 3. The zero-order valence-electron chi connectivity index (χ0n) is 11.3. The van der Waals surface area contributed by atoms with E-state index < -0.39 is 0 Å². The van der Waals surface area contributed by atoms with E-state index in [2.05, 4.69) is 5.32 Å². The highest BCUT2D eigenvalue weighted by molar-refractivity contribution is 6.34. The minimum absolute atomic E-state index is 0.270. The largest absolute Gasteiger partial charge is 0.355 e. The van der Waals surface area contributed by atoms with Crippen LogP contribution >= 0.6 is 0 Å². The normalized spacial score (nSPS) is 13.3. The van der Waals surface area contributed by atoms with Gasteiger partial charge in [0.05, 0.1) is 16.8 Å². The van der Waals surface area contributed by atoms with Gasteiger partial charge in [-0.05, 0) is 30.3 Å². The first kappa shape index (κ1) is 13.1. The maximum absolute atomic E-state index is 12.4. The van der Waals surface area contributed by atoms with Crippen LogP contribution in [0.5, 0.6) is 0 Å². The molecule has 0 aliphatic carbocycles. The Hall–Kier alpha value is -2.95. The molecule has 3 amide bonds. The van der Waals surface area contributed by atoms with Crippen molar-refractivity contribution in [1.29, 1.82) is 0 Å². The summed E-state index contributed by atoms with van der Waals surface area (Å²) in [5.74, 6) is -1.01. The van der Waals surface area contributed by atoms with Crippen LogP contribution in [-0.4, -0.2) is 24.8 Å². The molecule has 5 heteroatoms. The minimum Gasteiger partial charge on any atom is -0.355 e. The Morgan fingerprint density at radius 3 is 2.14 bits per heavy atom. The smallest absolute Gasteiger partial charge is 0.266 e. The average Bonchev–Trinajstić information content (AvgIpc) is 2.78. The van der Waals surface area contributed by atoms with Crippen molar-refractivity contribution in [3.63, 3.8) is 0 Å². The first-order chi connectivity index (χ1) is 10.1. The lowest BCUT2D eigenvalue weighted by atomic mass is 10.1. The van der Waals surface area contributed by atoms with E-state index in [1.165, 1.54) is 13.1 Å². The third-order valence-electron chi connectivity index (χ3n) is 3.39. The lowest BCUT2D eigenvalue weighted by Gasteiger charge is -2.14. The number of rotatable bonds is 2. The molecule has 0 saturated heterocycles. The van der Waals surface area contributed by atoms with Crippen molar-refractivity contribution in [3.8, 4) is 0 Å². The van der Waals surface area contributed by atoms with Crippen molar-refractivity contribution in [3.05, 3.63) is 65.2 Å². The number of carbonyl (C=O) groups excluding carboxylic acids is 3. The molecule has 0 fully saturated rings. The van der Waals surface area contributed by atoms with E-state index in [0.29, 0.717) is 22.4 Å². The zero-order chi connectivity index (χ0) is 15.0. The molecule has 0 saturated carbocycles. The highest BCUT2D eigenvalue weighted by Gasteiger charge is 2.36. The Morgan fingerprint density at radius 2 is 1.57 bits per heavy atom. The fourth-order valence-electron chi connectivity index (χ4n) is 2.35. The fraction of sp³-hybridized carbons (Fsp3) is 0.0625. The van der Waals surface area contributed by atoms with Gasteiger partial charge in [-0.2, -0.15) is 0 Å². The molecule has 0 bridgehead atoms. The van der Waals surface area contributed by atoms with Crippen LogP contribution in [0, 0.1) is 0 Å². The Morgan fingerprint density at radius 1 is 0.952 bits per heavy atom. The first-order valence-electron chi connectivity index (χ1n) is 6.43. The molecule has 1 N–H and O–H groups in total. The number of imide groups is 1. The van der Waals surface area contributed by atoms with Crippen LogP contribution in [0.25, 0.3) is 0 Å². The van der Waals surface area contributed by atoms with Gasteiger partial charge in [0.15, 0.2) is 0 Å². The molecule has 0 spiro atoms. The quantitative estimate of drug-likeness (QED) is 0.854. The fourth-order valence-corrected chi connectivity index (χ4v) is 2.35. The van der Waals surface area contributed by atoms with Gasteiger partial charge >= 0.3 is 0 Å². The highest BCUT2D eigenvalue weighted by atomic mass is 16.2.